The van der Waals surface area contributed by atoms with E-state index >= 15 is 0 Å². The third-order valence-electron chi connectivity index (χ3n) is 7.18. The highest BCUT2D eigenvalue weighted by molar-refractivity contribution is 6.31. The second-order valence-electron chi connectivity index (χ2n) is 9.77. The van der Waals surface area contributed by atoms with Crippen molar-refractivity contribution in [1.29, 1.82) is 0 Å². The SMILES string of the molecule is CCCCCn1nc(-c2nc(N)c3c(n2)NC(=O)[C@]3(C)c2ccc(CCC(=O)O)cc2)c2ccc(Cl)cc21. The molecule has 1 atom stereocenters. The number of unbranched alkanes of at least 4 members (excludes halogenated alkanes) is 2. The average Bonchev–Trinajstić information content (AvgIpc) is 3.37. The predicted octanol–water partition coefficient (Wildman–Crippen LogP) is 5.19. The van der Waals surface area contributed by atoms with Crippen molar-refractivity contribution < 1.29 is 14.7 Å². The second-order valence-corrected chi connectivity index (χ2v) is 10.2. The maximum absolute atomic E-state index is 13.3. The number of aromatic nitrogens is 4. The van der Waals surface area contributed by atoms with Crippen molar-refractivity contribution in [2.75, 3.05) is 11.1 Å². The van der Waals surface area contributed by atoms with Gasteiger partial charge in [0.25, 0.3) is 0 Å². The number of carboxylic acid groups (broad SMARTS) is 1. The lowest BCUT2D eigenvalue weighted by Gasteiger charge is -2.23. The highest BCUT2D eigenvalue weighted by Gasteiger charge is 2.47. The number of fused-ring (bicyclic) bond motifs is 2. The van der Waals surface area contributed by atoms with Crippen LogP contribution in [0.4, 0.5) is 11.6 Å². The molecule has 38 heavy (non-hydrogen) atoms. The van der Waals surface area contributed by atoms with E-state index in [1.165, 1.54) is 0 Å². The first-order valence-corrected chi connectivity index (χ1v) is 13.1. The molecule has 2 aromatic heterocycles. The zero-order valence-electron chi connectivity index (χ0n) is 21.3. The van der Waals surface area contributed by atoms with E-state index < -0.39 is 11.4 Å². The molecule has 0 aliphatic carbocycles. The van der Waals surface area contributed by atoms with Crippen molar-refractivity contribution in [3.8, 4) is 11.5 Å². The maximum atomic E-state index is 13.3. The van der Waals surface area contributed by atoms with Gasteiger partial charge < -0.3 is 16.2 Å². The summed E-state index contributed by atoms with van der Waals surface area (Å²) < 4.78 is 1.92. The Labute approximate surface area is 225 Å². The number of nitrogens with zero attached hydrogens (tertiary/aromatic N) is 4. The number of nitrogens with two attached hydrogens (primary N) is 1. The van der Waals surface area contributed by atoms with Gasteiger partial charge in [0.1, 0.15) is 22.7 Å². The van der Waals surface area contributed by atoms with E-state index in [4.69, 9.17) is 32.5 Å². The summed E-state index contributed by atoms with van der Waals surface area (Å²) in [5, 5.41) is 18.1. The minimum atomic E-state index is -1.10. The molecule has 0 radical (unpaired) electrons. The minimum Gasteiger partial charge on any atom is -0.481 e. The number of carbonyl (C=O) groups is 2. The fraction of sp³-hybridized carbons (Fsp3) is 0.321. The van der Waals surface area contributed by atoms with Crippen LogP contribution in [0.25, 0.3) is 22.4 Å². The maximum Gasteiger partial charge on any atom is 0.303 e. The molecule has 10 heteroatoms. The van der Waals surface area contributed by atoms with Gasteiger partial charge in [0, 0.05) is 23.4 Å². The third kappa shape index (κ3) is 4.47. The zero-order valence-corrected chi connectivity index (χ0v) is 22.0. The van der Waals surface area contributed by atoms with E-state index in [1.54, 1.807) is 13.0 Å². The largest absolute Gasteiger partial charge is 0.481 e. The Morgan fingerprint density at radius 2 is 1.92 bits per heavy atom. The topological polar surface area (TPSA) is 136 Å². The molecule has 5 rings (SSSR count). The number of aryl methyl sites for hydroxylation is 2. The molecule has 1 aliphatic rings. The molecule has 196 valence electrons. The monoisotopic (exact) mass is 532 g/mol. The number of carbonyl (C=O) groups excluding carboxylic acids is 1. The lowest BCUT2D eigenvalue weighted by Crippen LogP contribution is -2.33. The number of anilines is 2. The van der Waals surface area contributed by atoms with Gasteiger partial charge >= 0.3 is 5.97 Å². The summed E-state index contributed by atoms with van der Waals surface area (Å²) in [4.78, 5) is 33.5. The number of amides is 1. The van der Waals surface area contributed by atoms with Crippen molar-refractivity contribution in [1.82, 2.24) is 19.7 Å². The van der Waals surface area contributed by atoms with Crippen LogP contribution < -0.4 is 11.1 Å². The van der Waals surface area contributed by atoms with E-state index in [-0.39, 0.29) is 18.1 Å². The number of nitrogens with one attached hydrogen (secondary N) is 1. The number of hydrogen-bond acceptors (Lipinski definition) is 6. The fourth-order valence-electron chi connectivity index (χ4n) is 5.04. The van der Waals surface area contributed by atoms with Crippen molar-refractivity contribution in [3.05, 3.63) is 64.2 Å². The molecule has 0 saturated carbocycles. The second kappa shape index (κ2) is 10.1. The van der Waals surface area contributed by atoms with Crippen molar-refractivity contribution in [3.63, 3.8) is 0 Å². The Balaban J connectivity index is 1.54. The molecule has 4 aromatic rings. The highest BCUT2D eigenvalue weighted by Crippen LogP contribution is 2.45. The van der Waals surface area contributed by atoms with Crippen molar-refractivity contribution >= 4 is 46.0 Å². The number of rotatable bonds is 9. The summed E-state index contributed by atoms with van der Waals surface area (Å²) >= 11 is 6.29. The first-order chi connectivity index (χ1) is 18.2. The van der Waals surface area contributed by atoms with Crippen LogP contribution in [-0.4, -0.2) is 36.7 Å². The standard InChI is InChI=1S/C28H29ClN6O3/c1-3-4-5-14-35-20-15-18(29)11-12-19(20)23(34-35)26-31-24(30)22-25(32-26)33-27(38)28(22,2)17-9-6-16(7-10-17)8-13-21(36)37/h6-7,9-12,15H,3-5,8,13-14H2,1-2H3,(H,36,37)(H3,30,31,32,33,38)/t28-/m1/s1. The number of aliphatic carboxylic acids is 1. The number of hydrogen-bond donors (Lipinski definition) is 3. The van der Waals surface area contributed by atoms with Crippen LogP contribution in [0.2, 0.25) is 5.02 Å². The summed E-state index contributed by atoms with van der Waals surface area (Å²) in [6.07, 6.45) is 3.62. The van der Waals surface area contributed by atoms with Crippen molar-refractivity contribution in [2.24, 2.45) is 0 Å². The first-order valence-electron chi connectivity index (χ1n) is 12.7. The molecule has 9 nitrogen and oxygen atoms in total. The molecule has 0 unspecified atom stereocenters. The molecule has 0 fully saturated rings. The zero-order chi connectivity index (χ0) is 27.0. The van der Waals surface area contributed by atoms with Crippen LogP contribution in [0.1, 0.15) is 56.2 Å². The molecular formula is C28H29ClN6O3. The molecule has 1 aliphatic heterocycles. The lowest BCUT2D eigenvalue weighted by atomic mass is 9.77. The number of carboxylic acids is 1. The number of nitrogen functional groups attached to an aromatic ring is 1. The molecule has 0 saturated heterocycles. The van der Waals surface area contributed by atoms with E-state index in [2.05, 4.69) is 17.2 Å². The van der Waals surface area contributed by atoms with Gasteiger partial charge in [-0.25, -0.2) is 9.97 Å². The van der Waals surface area contributed by atoms with Crippen LogP contribution in [0.5, 0.6) is 0 Å². The lowest BCUT2D eigenvalue weighted by molar-refractivity contribution is -0.137. The summed E-state index contributed by atoms with van der Waals surface area (Å²) in [7, 11) is 0. The Bertz CT molecular complexity index is 1550. The van der Waals surface area contributed by atoms with Crippen LogP contribution in [0.15, 0.2) is 42.5 Å². The van der Waals surface area contributed by atoms with E-state index in [1.807, 2.05) is 41.1 Å². The first kappa shape index (κ1) is 25.7. The summed E-state index contributed by atoms with van der Waals surface area (Å²) in [5.74, 6) is -0.226. The van der Waals surface area contributed by atoms with Gasteiger partial charge in [-0.1, -0.05) is 55.6 Å². The molecule has 0 spiro atoms. The van der Waals surface area contributed by atoms with Gasteiger partial charge in [0.15, 0.2) is 5.82 Å². The van der Waals surface area contributed by atoms with E-state index in [0.717, 1.165) is 47.8 Å². The Morgan fingerprint density at radius 3 is 2.63 bits per heavy atom. The van der Waals surface area contributed by atoms with Crippen LogP contribution in [0.3, 0.4) is 0 Å². The molecule has 4 N–H and O–H groups in total. The molecule has 0 bridgehead atoms. The van der Waals surface area contributed by atoms with E-state index in [0.29, 0.717) is 34.3 Å². The summed E-state index contributed by atoms with van der Waals surface area (Å²) in [6, 6.07) is 12.9. The van der Waals surface area contributed by atoms with Gasteiger partial charge in [-0.2, -0.15) is 5.10 Å². The Kier molecular flexibility index (Phi) is 6.79. The average molecular weight is 533 g/mol. The normalized spacial score (nSPS) is 16.6. The Morgan fingerprint density at radius 1 is 1.16 bits per heavy atom. The fourth-order valence-corrected chi connectivity index (χ4v) is 5.21. The van der Waals surface area contributed by atoms with Crippen LogP contribution in [0, 0.1) is 0 Å². The molecular weight excluding hydrogens is 504 g/mol. The van der Waals surface area contributed by atoms with Gasteiger partial charge in [-0.3, -0.25) is 14.3 Å². The highest BCUT2D eigenvalue weighted by atomic mass is 35.5. The molecule has 1 amide bonds. The molecule has 3 heterocycles. The third-order valence-corrected chi connectivity index (χ3v) is 7.42. The predicted molar refractivity (Wildman–Crippen MR) is 147 cm³/mol. The molecule has 2 aromatic carbocycles. The quantitative estimate of drug-likeness (QED) is 0.252. The van der Waals surface area contributed by atoms with Gasteiger partial charge in [0.2, 0.25) is 5.91 Å². The minimum absolute atomic E-state index is 0.0404. The summed E-state index contributed by atoms with van der Waals surface area (Å²) in [6.45, 7) is 4.68. The Hall–Kier alpha value is -3.98. The number of halogens is 1. The summed E-state index contributed by atoms with van der Waals surface area (Å²) in [5.41, 5.74) is 8.98. The van der Waals surface area contributed by atoms with Gasteiger partial charge in [-0.05, 0) is 49.1 Å². The van der Waals surface area contributed by atoms with Gasteiger partial charge in [-0.15, -0.1) is 0 Å². The smallest absolute Gasteiger partial charge is 0.303 e. The number of benzene rings is 2. The van der Waals surface area contributed by atoms with Crippen molar-refractivity contribution in [2.45, 2.75) is 57.9 Å². The van der Waals surface area contributed by atoms with E-state index in [9.17, 15) is 9.59 Å². The van der Waals surface area contributed by atoms with Crippen LogP contribution >= 0.6 is 11.6 Å². The van der Waals surface area contributed by atoms with Crippen LogP contribution in [-0.2, 0) is 28.0 Å². The van der Waals surface area contributed by atoms with Gasteiger partial charge in [0.05, 0.1) is 11.1 Å².